The number of pyridine rings is 1. The van der Waals surface area contributed by atoms with Crippen molar-refractivity contribution in [1.82, 2.24) is 26.3 Å². The maximum absolute atomic E-state index is 13.3. The van der Waals surface area contributed by atoms with Crippen LogP contribution in [0.3, 0.4) is 0 Å². The molecule has 251 valence electrons. The number of hydrogen-bond acceptors (Lipinski definition) is 11. The normalized spacial score (nSPS) is 24.3. The van der Waals surface area contributed by atoms with Crippen LogP contribution in [0.2, 0.25) is 0 Å². The van der Waals surface area contributed by atoms with Gasteiger partial charge in [-0.3, -0.25) is 4.98 Å². The van der Waals surface area contributed by atoms with E-state index in [-0.39, 0.29) is 56.2 Å². The average molecular weight is 702 g/mol. The number of fused-ring (bicyclic) bond motifs is 4. The standard InChI is InChI=1S/C30H49N5O6.2ClH.Mn/c1-3-39-15-17-41-30(37)22-18-21(29(36)40-16-14-38-2)27-19-33-25-10-6-4-8-23(25)31-12-13-32-24-9-5-7-11-26(24)34-20-28(22)35-27;;;/h18,23-26,31-34H,3-17,19-20H2,1-2H3;2*1H;/q;;;+2/p-2/t23-,24-,25-,26-;;;/m1.../s1. The van der Waals surface area contributed by atoms with Crippen molar-refractivity contribution in [2.75, 3.05) is 53.2 Å². The van der Waals surface area contributed by atoms with Crippen LogP contribution < -0.4 is 21.3 Å². The Morgan fingerprint density at radius 2 is 1.20 bits per heavy atom. The molecule has 4 rings (SSSR count). The van der Waals surface area contributed by atoms with E-state index in [1.807, 2.05) is 6.92 Å². The SMILES string of the molecule is CCOCCOC(=O)c1cc(C(=O)OCCOC)c2nc1CN[C@@H]1CCCC[C@H]1NCCN[C@@H]1CCCC[C@H]1NC2.[Cl][Mn][Cl]. The van der Waals surface area contributed by atoms with Crippen LogP contribution in [0, 0.1) is 0 Å². The van der Waals surface area contributed by atoms with Gasteiger partial charge in [-0.1, -0.05) is 25.7 Å². The summed E-state index contributed by atoms with van der Waals surface area (Å²) in [7, 11) is 11.1. The molecule has 4 N–H and O–H groups in total. The van der Waals surface area contributed by atoms with Crippen LogP contribution in [0.5, 0.6) is 0 Å². The molecule has 2 bridgehead atoms. The first-order valence-corrected chi connectivity index (χ1v) is 19.0. The molecule has 0 aromatic carbocycles. The fourth-order valence-corrected chi connectivity index (χ4v) is 6.14. The topological polar surface area (TPSA) is 132 Å². The third kappa shape index (κ3) is 12.3. The van der Waals surface area contributed by atoms with E-state index in [1.165, 1.54) is 25.7 Å². The second-order valence-corrected chi connectivity index (χ2v) is 13.1. The van der Waals surface area contributed by atoms with Crippen molar-refractivity contribution < 1.29 is 41.7 Å². The van der Waals surface area contributed by atoms with Gasteiger partial charge >= 0.3 is 45.3 Å². The van der Waals surface area contributed by atoms with Gasteiger partial charge in [0.25, 0.3) is 0 Å². The van der Waals surface area contributed by atoms with Gasteiger partial charge in [0, 0.05) is 64.1 Å². The van der Waals surface area contributed by atoms with Crippen molar-refractivity contribution in [2.45, 2.75) is 95.5 Å². The van der Waals surface area contributed by atoms with Gasteiger partial charge < -0.3 is 40.2 Å². The van der Waals surface area contributed by atoms with Gasteiger partial charge in [-0.15, -0.1) is 0 Å². The minimum atomic E-state index is -0.526. The van der Waals surface area contributed by atoms with E-state index >= 15 is 0 Å². The molecule has 0 amide bonds. The van der Waals surface area contributed by atoms with Crippen molar-refractivity contribution in [3.8, 4) is 0 Å². The molecule has 2 aliphatic carbocycles. The number of ether oxygens (including phenoxy) is 4. The summed E-state index contributed by atoms with van der Waals surface area (Å²) < 4.78 is 21.4. The van der Waals surface area contributed by atoms with E-state index in [9.17, 15) is 9.59 Å². The molecule has 1 aromatic heterocycles. The molecule has 0 spiro atoms. The van der Waals surface area contributed by atoms with Gasteiger partial charge in [-0.05, 0) is 38.7 Å². The van der Waals surface area contributed by atoms with Crippen LogP contribution in [-0.4, -0.2) is 94.3 Å². The number of aromatic nitrogens is 1. The summed E-state index contributed by atoms with van der Waals surface area (Å²) in [5.41, 5.74) is 1.70. The summed E-state index contributed by atoms with van der Waals surface area (Å²) in [4.78, 5) is 31.5. The minimum absolute atomic E-state index is 0.00694. The van der Waals surface area contributed by atoms with Gasteiger partial charge in [-0.2, -0.15) is 0 Å². The zero-order valence-electron chi connectivity index (χ0n) is 25.9. The van der Waals surface area contributed by atoms with E-state index < -0.39 is 11.9 Å². The van der Waals surface area contributed by atoms with Crippen LogP contribution in [0.25, 0.3) is 0 Å². The van der Waals surface area contributed by atoms with Gasteiger partial charge in [0.1, 0.15) is 13.2 Å². The van der Waals surface area contributed by atoms with Crippen LogP contribution in [0.15, 0.2) is 6.07 Å². The molecule has 11 nitrogen and oxygen atoms in total. The molecule has 3 aliphatic rings. The number of methoxy groups -OCH3 is 1. The quantitative estimate of drug-likeness (QED) is 0.172. The summed E-state index contributed by atoms with van der Waals surface area (Å²) in [5.74, 6) is -1.05. The number of esters is 2. The summed E-state index contributed by atoms with van der Waals surface area (Å²) in [6.07, 6.45) is 9.09. The van der Waals surface area contributed by atoms with Gasteiger partial charge in [0.15, 0.2) is 0 Å². The zero-order valence-corrected chi connectivity index (χ0v) is 28.6. The summed E-state index contributed by atoms with van der Waals surface area (Å²) in [5, 5.41) is 14.9. The molecule has 2 heterocycles. The third-order valence-corrected chi connectivity index (χ3v) is 8.34. The Morgan fingerprint density at radius 1 is 0.773 bits per heavy atom. The number of hydrogen-bond donors (Lipinski definition) is 4. The van der Waals surface area contributed by atoms with Crippen LogP contribution in [0.4, 0.5) is 0 Å². The molecule has 14 heteroatoms. The summed E-state index contributed by atoms with van der Waals surface area (Å²) in [6, 6.07) is 2.84. The van der Waals surface area contributed by atoms with Gasteiger partial charge in [0.05, 0.1) is 35.7 Å². The fourth-order valence-electron chi connectivity index (χ4n) is 6.14. The number of carbonyl (C=O) groups is 2. The molecule has 2 fully saturated rings. The van der Waals surface area contributed by atoms with E-state index in [4.69, 9.17) is 44.1 Å². The average Bonchev–Trinajstić information content (AvgIpc) is 3.04. The molecule has 2 saturated carbocycles. The monoisotopic (exact) mass is 700 g/mol. The molecule has 1 aromatic rings. The summed E-state index contributed by atoms with van der Waals surface area (Å²) >= 11 is 0.00694. The Labute approximate surface area is 276 Å². The number of nitrogens with zero attached hydrogens (tertiary/aromatic N) is 1. The van der Waals surface area contributed by atoms with Crippen molar-refractivity contribution >= 4 is 32.1 Å². The van der Waals surface area contributed by atoms with E-state index in [0.29, 0.717) is 49.8 Å². The second-order valence-electron chi connectivity index (χ2n) is 11.2. The van der Waals surface area contributed by atoms with Crippen molar-refractivity contribution in [3.63, 3.8) is 0 Å². The summed E-state index contributed by atoms with van der Waals surface area (Å²) in [6.45, 7) is 5.89. The predicted octanol–water partition coefficient (Wildman–Crippen LogP) is 3.45. The predicted molar refractivity (Wildman–Crippen MR) is 167 cm³/mol. The van der Waals surface area contributed by atoms with E-state index in [0.717, 1.165) is 38.8 Å². The van der Waals surface area contributed by atoms with Crippen LogP contribution in [0.1, 0.15) is 90.4 Å². The molecule has 4 atom stereocenters. The Bertz CT molecular complexity index is 1010. The number of rotatable bonds is 9. The van der Waals surface area contributed by atoms with Gasteiger partial charge in [-0.25, -0.2) is 9.59 Å². The first kappa shape index (κ1) is 37.4. The third-order valence-electron chi connectivity index (χ3n) is 8.34. The molecule has 0 radical (unpaired) electrons. The first-order valence-electron chi connectivity index (χ1n) is 15.8. The second kappa shape index (κ2) is 21.7. The Kier molecular flexibility index (Phi) is 18.4. The maximum atomic E-state index is 13.3. The van der Waals surface area contributed by atoms with Crippen LogP contribution >= 0.6 is 20.2 Å². The zero-order chi connectivity index (χ0) is 31.6. The van der Waals surface area contributed by atoms with Crippen molar-refractivity contribution in [3.05, 3.63) is 28.6 Å². The molecule has 44 heavy (non-hydrogen) atoms. The number of halogens is 2. The Morgan fingerprint density at radius 3 is 1.64 bits per heavy atom. The van der Waals surface area contributed by atoms with E-state index in [1.54, 1.807) is 13.2 Å². The van der Waals surface area contributed by atoms with E-state index in [2.05, 4.69) is 21.3 Å². The Balaban J connectivity index is 0.00000169. The molecular formula is C30H49Cl2MnN5O6. The van der Waals surface area contributed by atoms with Gasteiger partial charge in [0.2, 0.25) is 0 Å². The molecule has 1 aliphatic heterocycles. The first-order chi connectivity index (χ1) is 21.5. The fraction of sp³-hybridized carbons (Fsp3) is 0.767. The van der Waals surface area contributed by atoms with Crippen molar-refractivity contribution in [2.24, 2.45) is 0 Å². The van der Waals surface area contributed by atoms with Crippen molar-refractivity contribution in [1.29, 1.82) is 0 Å². The molecule has 0 unspecified atom stereocenters. The number of carbonyl (C=O) groups excluding carboxylic acids is 2. The van der Waals surface area contributed by atoms with Crippen LogP contribution in [-0.2, 0) is 45.2 Å². The Hall–Kier alpha value is -1.05. The molecule has 0 saturated heterocycles. The number of nitrogens with one attached hydrogen (secondary N) is 4. The molecular weight excluding hydrogens is 652 g/mol.